The zero-order valence-electron chi connectivity index (χ0n) is 12.7. The zero-order chi connectivity index (χ0) is 17.9. The molecule has 128 valence electrons. The van der Waals surface area contributed by atoms with E-state index in [9.17, 15) is 13.2 Å². The predicted molar refractivity (Wildman–Crippen MR) is 94.4 cm³/mol. The molecule has 1 N–H and O–H groups in total. The first-order valence-electron chi connectivity index (χ1n) is 6.98. The molecule has 2 rings (SSSR count). The van der Waals surface area contributed by atoms with Crippen molar-refractivity contribution in [3.63, 3.8) is 0 Å². The van der Waals surface area contributed by atoms with E-state index >= 15 is 0 Å². The van der Waals surface area contributed by atoms with E-state index in [0.29, 0.717) is 0 Å². The summed E-state index contributed by atoms with van der Waals surface area (Å²) in [5.41, 5.74) is 1.05. The van der Waals surface area contributed by atoms with Crippen molar-refractivity contribution < 1.29 is 18.3 Å². The van der Waals surface area contributed by atoms with Crippen LogP contribution in [0.25, 0.3) is 0 Å². The van der Waals surface area contributed by atoms with Gasteiger partial charge in [0, 0.05) is 6.54 Å². The smallest absolute Gasteiger partial charge is 0.305 e. The second kappa shape index (κ2) is 7.42. The Morgan fingerprint density at radius 1 is 1.12 bits per heavy atom. The fourth-order valence-electron chi connectivity index (χ4n) is 2.09. The van der Waals surface area contributed by atoms with Gasteiger partial charge in [-0.2, -0.15) is 0 Å². The number of carboxylic acid groups (broad SMARTS) is 1. The number of benzene rings is 2. The van der Waals surface area contributed by atoms with Gasteiger partial charge in [0.1, 0.15) is 0 Å². The molecule has 0 saturated heterocycles. The molecule has 2 aromatic rings. The van der Waals surface area contributed by atoms with Crippen LogP contribution in [0.1, 0.15) is 12.0 Å². The minimum Gasteiger partial charge on any atom is -0.481 e. The summed E-state index contributed by atoms with van der Waals surface area (Å²) in [4.78, 5) is 11.0. The van der Waals surface area contributed by atoms with Crippen molar-refractivity contribution in [1.82, 2.24) is 0 Å². The van der Waals surface area contributed by atoms with E-state index < -0.39 is 16.0 Å². The average molecular weight is 388 g/mol. The molecule has 0 aromatic heterocycles. The molecule has 8 heteroatoms. The molecular weight excluding hydrogens is 373 g/mol. The van der Waals surface area contributed by atoms with Gasteiger partial charge in [0.25, 0.3) is 10.0 Å². The first-order chi connectivity index (χ1) is 11.2. The Labute approximate surface area is 150 Å². The van der Waals surface area contributed by atoms with Crippen molar-refractivity contribution in [3.05, 3.63) is 58.1 Å². The van der Waals surface area contributed by atoms with Crippen molar-refractivity contribution >= 4 is 44.9 Å². The van der Waals surface area contributed by atoms with E-state index in [-0.39, 0.29) is 33.6 Å². The third-order valence-electron chi connectivity index (χ3n) is 3.34. The Morgan fingerprint density at radius 3 is 2.33 bits per heavy atom. The Kier molecular flexibility index (Phi) is 5.74. The lowest BCUT2D eigenvalue weighted by Crippen LogP contribution is -2.33. The van der Waals surface area contributed by atoms with Crippen molar-refractivity contribution in [2.75, 3.05) is 10.8 Å². The largest absolute Gasteiger partial charge is 0.481 e. The fourth-order valence-corrected chi connectivity index (χ4v) is 4.01. The average Bonchev–Trinajstić information content (AvgIpc) is 2.51. The summed E-state index contributed by atoms with van der Waals surface area (Å²) in [6.45, 7) is 1.58. The van der Waals surface area contributed by atoms with Crippen molar-refractivity contribution in [3.8, 4) is 0 Å². The first-order valence-corrected chi connectivity index (χ1v) is 9.18. The van der Waals surface area contributed by atoms with Crippen LogP contribution in [0.2, 0.25) is 10.0 Å². The quantitative estimate of drug-likeness (QED) is 0.813. The Balaban J connectivity index is 2.55. The first kappa shape index (κ1) is 18.6. The molecule has 24 heavy (non-hydrogen) atoms. The summed E-state index contributed by atoms with van der Waals surface area (Å²) in [6, 6.07) is 10.8. The van der Waals surface area contributed by atoms with Gasteiger partial charge in [-0.15, -0.1) is 0 Å². The van der Waals surface area contributed by atoms with Gasteiger partial charge in [-0.3, -0.25) is 9.10 Å². The van der Waals surface area contributed by atoms with Crippen molar-refractivity contribution in [1.29, 1.82) is 0 Å². The van der Waals surface area contributed by atoms with Crippen LogP contribution in [0.3, 0.4) is 0 Å². The number of nitrogens with zero attached hydrogens (tertiary/aromatic N) is 1. The number of halogens is 2. The lowest BCUT2D eigenvalue weighted by molar-refractivity contribution is -0.136. The summed E-state index contributed by atoms with van der Waals surface area (Å²) in [5, 5.41) is 9.17. The van der Waals surface area contributed by atoms with Crippen molar-refractivity contribution in [2.45, 2.75) is 18.2 Å². The molecule has 0 fully saturated rings. The second-order valence-corrected chi connectivity index (χ2v) is 7.75. The van der Waals surface area contributed by atoms with Gasteiger partial charge in [0.2, 0.25) is 0 Å². The number of anilines is 1. The van der Waals surface area contributed by atoms with Crippen LogP contribution in [-0.4, -0.2) is 26.0 Å². The molecule has 0 aliphatic rings. The topological polar surface area (TPSA) is 74.7 Å². The van der Waals surface area contributed by atoms with Crippen LogP contribution in [0.4, 0.5) is 5.69 Å². The van der Waals surface area contributed by atoms with Crippen LogP contribution in [-0.2, 0) is 14.8 Å². The maximum atomic E-state index is 13.0. The van der Waals surface area contributed by atoms with E-state index in [1.54, 1.807) is 18.2 Å². The molecule has 0 aliphatic carbocycles. The van der Waals surface area contributed by atoms with Gasteiger partial charge in [0.15, 0.2) is 0 Å². The third-order valence-corrected chi connectivity index (χ3v) is 5.97. The minimum atomic E-state index is -3.98. The molecule has 2 aromatic carbocycles. The highest BCUT2D eigenvalue weighted by molar-refractivity contribution is 7.92. The maximum Gasteiger partial charge on any atom is 0.305 e. The number of carbonyl (C=O) groups is 1. The molecule has 0 radical (unpaired) electrons. The molecule has 0 heterocycles. The van der Waals surface area contributed by atoms with Gasteiger partial charge >= 0.3 is 5.97 Å². The Morgan fingerprint density at radius 2 is 1.75 bits per heavy atom. The number of rotatable bonds is 6. The van der Waals surface area contributed by atoms with Gasteiger partial charge in [-0.1, -0.05) is 47.0 Å². The number of hydrogen-bond donors (Lipinski definition) is 1. The highest BCUT2D eigenvalue weighted by atomic mass is 35.5. The number of sulfonamides is 1. The van der Waals surface area contributed by atoms with Gasteiger partial charge in [-0.25, -0.2) is 8.42 Å². The zero-order valence-corrected chi connectivity index (χ0v) is 15.1. The standard InChI is InChI=1S/C16H15Cl2NO4S/c1-11-5-7-12(8-6-11)24(22,23)19(10-9-15(20)21)14-4-2-3-13(17)16(14)18/h2-8H,9-10H2,1H3,(H,20,21). The van der Waals surface area contributed by atoms with Crippen LogP contribution in [0, 0.1) is 6.92 Å². The van der Waals surface area contributed by atoms with E-state index in [2.05, 4.69) is 0 Å². The van der Waals surface area contributed by atoms with Gasteiger partial charge in [0.05, 0.1) is 27.0 Å². The summed E-state index contributed by atoms with van der Waals surface area (Å²) in [5.74, 6) is -1.11. The number of aliphatic carboxylic acids is 1. The number of hydrogen-bond acceptors (Lipinski definition) is 3. The maximum absolute atomic E-state index is 13.0. The van der Waals surface area contributed by atoms with E-state index in [1.807, 2.05) is 6.92 Å². The van der Waals surface area contributed by atoms with Crippen molar-refractivity contribution in [2.24, 2.45) is 0 Å². The van der Waals surface area contributed by atoms with Crippen LogP contribution < -0.4 is 4.31 Å². The minimum absolute atomic E-state index is 0.0505. The Bertz CT molecular complexity index is 851. The molecule has 5 nitrogen and oxygen atoms in total. The summed E-state index contributed by atoms with van der Waals surface area (Å²) in [6.07, 6.45) is -0.367. The lowest BCUT2D eigenvalue weighted by Gasteiger charge is -2.25. The van der Waals surface area contributed by atoms with E-state index in [0.717, 1.165) is 9.87 Å². The predicted octanol–water partition coefficient (Wildman–Crippen LogP) is 3.97. The summed E-state index contributed by atoms with van der Waals surface area (Å²) >= 11 is 12.1. The second-order valence-electron chi connectivity index (χ2n) is 5.11. The summed E-state index contributed by atoms with van der Waals surface area (Å²) < 4.78 is 26.9. The molecule has 0 bridgehead atoms. The van der Waals surface area contributed by atoms with Gasteiger partial charge < -0.3 is 5.11 Å². The van der Waals surface area contributed by atoms with Crippen LogP contribution in [0.5, 0.6) is 0 Å². The van der Waals surface area contributed by atoms with Crippen LogP contribution in [0.15, 0.2) is 47.4 Å². The highest BCUT2D eigenvalue weighted by Gasteiger charge is 2.27. The van der Waals surface area contributed by atoms with E-state index in [4.69, 9.17) is 28.3 Å². The summed E-state index contributed by atoms with van der Waals surface area (Å²) in [7, 11) is -3.98. The van der Waals surface area contributed by atoms with E-state index in [1.165, 1.54) is 24.3 Å². The molecule has 0 amide bonds. The third kappa shape index (κ3) is 4.01. The lowest BCUT2D eigenvalue weighted by atomic mass is 10.2. The SMILES string of the molecule is Cc1ccc(S(=O)(=O)N(CCC(=O)O)c2cccc(Cl)c2Cl)cc1. The monoisotopic (exact) mass is 387 g/mol. The number of carboxylic acids is 1. The molecule has 0 unspecified atom stereocenters. The molecule has 0 spiro atoms. The number of aryl methyl sites for hydroxylation is 1. The normalized spacial score (nSPS) is 11.3. The van der Waals surface area contributed by atoms with Gasteiger partial charge in [-0.05, 0) is 31.2 Å². The molecule has 0 saturated carbocycles. The molecule has 0 aliphatic heterocycles. The highest BCUT2D eigenvalue weighted by Crippen LogP contribution is 2.35. The van der Waals surface area contributed by atoms with Crippen LogP contribution >= 0.6 is 23.2 Å². The molecule has 0 atom stereocenters. The molecular formula is C16H15Cl2NO4S. The fraction of sp³-hybridized carbons (Fsp3) is 0.188. The Hall–Kier alpha value is -1.76.